The second-order valence-electron chi connectivity index (χ2n) is 7.56. The van der Waals surface area contributed by atoms with E-state index in [0.29, 0.717) is 0 Å². The SMILES string of the molecule is Cc1cc2[nH]c(-c3ccncc3)nc2cc1-c1ccc2nc(-c3ccncc3)[nH]c2c1. The number of hydrogen-bond acceptors (Lipinski definition) is 4. The zero-order chi connectivity index (χ0) is 20.8. The van der Waals surface area contributed by atoms with Gasteiger partial charge in [-0.15, -0.1) is 0 Å². The van der Waals surface area contributed by atoms with Crippen LogP contribution < -0.4 is 0 Å². The van der Waals surface area contributed by atoms with Crippen LogP contribution in [0.15, 0.2) is 79.4 Å². The zero-order valence-corrected chi connectivity index (χ0v) is 16.8. The van der Waals surface area contributed by atoms with Gasteiger partial charge in [-0.25, -0.2) is 9.97 Å². The van der Waals surface area contributed by atoms with Gasteiger partial charge in [-0.1, -0.05) is 6.07 Å². The number of rotatable bonds is 3. The van der Waals surface area contributed by atoms with Crippen LogP contribution >= 0.6 is 0 Å². The molecule has 0 bridgehead atoms. The maximum Gasteiger partial charge on any atom is 0.138 e. The van der Waals surface area contributed by atoms with E-state index in [9.17, 15) is 0 Å². The minimum atomic E-state index is 0.844. The van der Waals surface area contributed by atoms with Crippen molar-refractivity contribution in [2.75, 3.05) is 0 Å². The smallest absolute Gasteiger partial charge is 0.138 e. The fraction of sp³-hybridized carbons (Fsp3) is 0.0400. The number of benzene rings is 2. The van der Waals surface area contributed by atoms with Gasteiger partial charge in [0.15, 0.2) is 0 Å². The Morgan fingerprint density at radius 2 is 1.16 bits per heavy atom. The highest BCUT2D eigenvalue weighted by molar-refractivity contribution is 5.90. The number of H-pyrrole nitrogens is 2. The zero-order valence-electron chi connectivity index (χ0n) is 16.8. The molecule has 6 aromatic rings. The van der Waals surface area contributed by atoms with Gasteiger partial charge in [-0.3, -0.25) is 9.97 Å². The highest BCUT2D eigenvalue weighted by Gasteiger charge is 2.12. The van der Waals surface area contributed by atoms with Crippen LogP contribution in [-0.2, 0) is 0 Å². The molecule has 0 aliphatic carbocycles. The third kappa shape index (κ3) is 3.05. The lowest BCUT2D eigenvalue weighted by molar-refractivity contribution is 1.28. The van der Waals surface area contributed by atoms with Gasteiger partial charge < -0.3 is 9.97 Å². The van der Waals surface area contributed by atoms with Gasteiger partial charge in [0.2, 0.25) is 0 Å². The van der Waals surface area contributed by atoms with Crippen molar-refractivity contribution in [2.45, 2.75) is 6.92 Å². The van der Waals surface area contributed by atoms with E-state index in [1.54, 1.807) is 24.8 Å². The molecule has 0 spiro atoms. The summed E-state index contributed by atoms with van der Waals surface area (Å²) in [5, 5.41) is 0. The number of nitrogens with zero attached hydrogens (tertiary/aromatic N) is 4. The van der Waals surface area contributed by atoms with Crippen LogP contribution in [0, 0.1) is 6.92 Å². The Bertz CT molecular complexity index is 1530. The Balaban J connectivity index is 1.44. The number of pyridine rings is 2. The third-order valence-electron chi connectivity index (χ3n) is 5.53. The minimum Gasteiger partial charge on any atom is -0.338 e. The van der Waals surface area contributed by atoms with E-state index in [1.807, 2.05) is 24.3 Å². The summed E-state index contributed by atoms with van der Waals surface area (Å²) in [4.78, 5) is 24.6. The molecule has 0 unspecified atom stereocenters. The number of fused-ring (bicyclic) bond motifs is 2. The van der Waals surface area contributed by atoms with Crippen molar-refractivity contribution in [3.63, 3.8) is 0 Å². The van der Waals surface area contributed by atoms with Crippen LogP contribution in [0.2, 0.25) is 0 Å². The van der Waals surface area contributed by atoms with Gasteiger partial charge in [-0.2, -0.15) is 0 Å². The Kier molecular flexibility index (Phi) is 3.89. The van der Waals surface area contributed by atoms with Gasteiger partial charge in [0, 0.05) is 35.9 Å². The summed E-state index contributed by atoms with van der Waals surface area (Å²) in [7, 11) is 0. The molecule has 4 aromatic heterocycles. The van der Waals surface area contributed by atoms with Crippen LogP contribution in [0.3, 0.4) is 0 Å². The Morgan fingerprint density at radius 3 is 1.81 bits per heavy atom. The molecule has 4 heterocycles. The van der Waals surface area contributed by atoms with Crippen molar-refractivity contribution in [3.8, 4) is 33.9 Å². The number of imidazole rings is 2. The molecule has 2 aromatic carbocycles. The van der Waals surface area contributed by atoms with Crippen molar-refractivity contribution in [1.29, 1.82) is 0 Å². The van der Waals surface area contributed by atoms with Crippen molar-refractivity contribution in [3.05, 3.63) is 84.9 Å². The first kappa shape index (κ1) is 17.5. The Labute approximate surface area is 178 Å². The molecule has 0 aliphatic heterocycles. The van der Waals surface area contributed by atoms with E-state index in [0.717, 1.165) is 56.0 Å². The van der Waals surface area contributed by atoms with Crippen molar-refractivity contribution >= 4 is 22.1 Å². The molecular weight excluding hydrogens is 384 g/mol. The number of nitrogens with one attached hydrogen (secondary N) is 2. The Hall–Kier alpha value is -4.32. The van der Waals surface area contributed by atoms with E-state index in [-0.39, 0.29) is 0 Å². The topological polar surface area (TPSA) is 83.1 Å². The van der Waals surface area contributed by atoms with Crippen LogP contribution in [0.1, 0.15) is 5.56 Å². The molecule has 0 fully saturated rings. The first-order chi connectivity index (χ1) is 15.2. The fourth-order valence-corrected chi connectivity index (χ4v) is 3.95. The van der Waals surface area contributed by atoms with E-state index in [4.69, 9.17) is 9.97 Å². The van der Waals surface area contributed by atoms with Crippen molar-refractivity contribution in [2.24, 2.45) is 0 Å². The number of aromatic amines is 2. The van der Waals surface area contributed by atoms with Crippen molar-refractivity contribution < 1.29 is 0 Å². The molecule has 31 heavy (non-hydrogen) atoms. The lowest BCUT2D eigenvalue weighted by atomic mass is 9.99. The first-order valence-corrected chi connectivity index (χ1v) is 10.1. The average Bonchev–Trinajstić information content (AvgIpc) is 3.43. The van der Waals surface area contributed by atoms with Gasteiger partial charge >= 0.3 is 0 Å². The molecule has 148 valence electrons. The maximum absolute atomic E-state index is 4.81. The van der Waals surface area contributed by atoms with Crippen LogP contribution in [-0.4, -0.2) is 29.9 Å². The number of aryl methyl sites for hydroxylation is 1. The third-order valence-corrected chi connectivity index (χ3v) is 5.53. The molecule has 0 aliphatic rings. The summed E-state index contributed by atoms with van der Waals surface area (Å²) in [5.41, 5.74) is 9.42. The summed E-state index contributed by atoms with van der Waals surface area (Å²) in [6, 6.07) is 18.4. The molecule has 0 amide bonds. The minimum absolute atomic E-state index is 0.844. The maximum atomic E-state index is 4.81. The summed E-state index contributed by atoms with van der Waals surface area (Å²) < 4.78 is 0. The molecule has 2 N–H and O–H groups in total. The molecule has 6 heteroatoms. The van der Waals surface area contributed by atoms with Gasteiger partial charge in [0.25, 0.3) is 0 Å². The number of hydrogen-bond donors (Lipinski definition) is 2. The second kappa shape index (κ2) is 6.88. The van der Waals surface area contributed by atoms with E-state index < -0.39 is 0 Å². The molecule has 0 saturated heterocycles. The summed E-state index contributed by atoms with van der Waals surface area (Å²) in [6.45, 7) is 2.13. The lowest BCUT2D eigenvalue weighted by Gasteiger charge is -2.06. The fourth-order valence-electron chi connectivity index (χ4n) is 3.95. The van der Waals surface area contributed by atoms with Crippen LogP contribution in [0.4, 0.5) is 0 Å². The largest absolute Gasteiger partial charge is 0.338 e. The first-order valence-electron chi connectivity index (χ1n) is 10.1. The van der Waals surface area contributed by atoms with Crippen LogP contribution in [0.25, 0.3) is 56.0 Å². The average molecular weight is 402 g/mol. The standard InChI is InChI=1S/C25H18N6/c1-15-12-21-23(31-25(29-21)17-6-10-27-11-7-17)14-19(15)18-2-3-20-22(13-18)30-24(28-20)16-4-8-26-9-5-16/h2-14H,1H3,(H,28,30)(H,29,31). The van der Waals surface area contributed by atoms with Gasteiger partial charge in [0.05, 0.1) is 22.1 Å². The molecule has 6 nitrogen and oxygen atoms in total. The molecular formula is C25H18N6. The molecule has 0 atom stereocenters. The highest BCUT2D eigenvalue weighted by atomic mass is 14.9. The highest BCUT2D eigenvalue weighted by Crippen LogP contribution is 2.31. The summed E-state index contributed by atoms with van der Waals surface area (Å²) in [6.07, 6.45) is 7.10. The number of aromatic nitrogens is 6. The molecule has 6 rings (SSSR count). The molecule has 0 radical (unpaired) electrons. The van der Waals surface area contributed by atoms with E-state index in [2.05, 4.69) is 57.2 Å². The van der Waals surface area contributed by atoms with Gasteiger partial charge in [0.1, 0.15) is 11.6 Å². The molecule has 0 saturated carbocycles. The quantitative estimate of drug-likeness (QED) is 0.407. The van der Waals surface area contributed by atoms with E-state index >= 15 is 0 Å². The predicted octanol–water partition coefficient (Wildman–Crippen LogP) is 5.54. The lowest BCUT2D eigenvalue weighted by Crippen LogP contribution is -1.85. The summed E-state index contributed by atoms with van der Waals surface area (Å²) >= 11 is 0. The van der Waals surface area contributed by atoms with Crippen molar-refractivity contribution in [1.82, 2.24) is 29.9 Å². The van der Waals surface area contributed by atoms with E-state index in [1.165, 1.54) is 5.56 Å². The monoisotopic (exact) mass is 402 g/mol. The van der Waals surface area contributed by atoms with Crippen LogP contribution in [0.5, 0.6) is 0 Å². The van der Waals surface area contributed by atoms with Gasteiger partial charge in [-0.05, 0) is 72.1 Å². The Morgan fingerprint density at radius 1 is 0.581 bits per heavy atom. The predicted molar refractivity (Wildman–Crippen MR) is 122 cm³/mol. The second-order valence-corrected chi connectivity index (χ2v) is 7.56. The normalized spacial score (nSPS) is 11.4. The summed E-state index contributed by atoms with van der Waals surface area (Å²) in [5.74, 6) is 1.69.